The van der Waals surface area contributed by atoms with Gasteiger partial charge in [0.05, 0.1) is 0 Å². The Morgan fingerprint density at radius 2 is 1.96 bits per heavy atom. The molecule has 2 heterocycles. The lowest BCUT2D eigenvalue weighted by Crippen LogP contribution is -2.44. The average Bonchev–Trinajstić information content (AvgIpc) is 2.72. The van der Waals surface area contributed by atoms with Crippen LogP contribution < -0.4 is 10.6 Å². The minimum atomic E-state index is -0.335. The SMILES string of the molecule is O=C1CCc2cc(C(=O)NCC3(c4cccc(F)c4)CCOCC3)ccc2N1. The second kappa shape index (κ2) is 7.72. The number of rotatable bonds is 4. The molecule has 4 rings (SSSR count). The maximum Gasteiger partial charge on any atom is 0.251 e. The van der Waals surface area contributed by atoms with Crippen LogP contribution in [0.25, 0.3) is 0 Å². The normalized spacial score (nSPS) is 18.1. The van der Waals surface area contributed by atoms with Crippen LogP contribution in [0, 0.1) is 5.82 Å². The van der Waals surface area contributed by atoms with E-state index >= 15 is 0 Å². The smallest absolute Gasteiger partial charge is 0.251 e. The summed E-state index contributed by atoms with van der Waals surface area (Å²) < 4.78 is 19.3. The van der Waals surface area contributed by atoms with Crippen molar-refractivity contribution in [2.45, 2.75) is 31.1 Å². The van der Waals surface area contributed by atoms with Crippen LogP contribution >= 0.6 is 0 Å². The van der Waals surface area contributed by atoms with Crippen LogP contribution in [-0.2, 0) is 21.4 Å². The molecule has 0 aromatic heterocycles. The molecule has 2 N–H and O–H groups in total. The summed E-state index contributed by atoms with van der Waals surface area (Å²) in [6.07, 6.45) is 2.52. The summed E-state index contributed by atoms with van der Waals surface area (Å²) in [4.78, 5) is 24.3. The molecule has 0 saturated carbocycles. The molecule has 0 radical (unpaired) electrons. The fraction of sp³-hybridized carbons (Fsp3) is 0.364. The van der Waals surface area contributed by atoms with Crippen LogP contribution in [0.2, 0.25) is 0 Å². The molecular weight excluding hydrogens is 359 g/mol. The lowest BCUT2D eigenvalue weighted by atomic mass is 9.74. The topological polar surface area (TPSA) is 67.4 Å². The number of fused-ring (bicyclic) bond motifs is 1. The van der Waals surface area contributed by atoms with Gasteiger partial charge >= 0.3 is 0 Å². The first kappa shape index (κ1) is 18.6. The molecule has 2 amide bonds. The van der Waals surface area contributed by atoms with Gasteiger partial charge < -0.3 is 15.4 Å². The second-order valence-electron chi connectivity index (χ2n) is 7.51. The Hall–Kier alpha value is -2.73. The first-order valence-electron chi connectivity index (χ1n) is 9.61. The summed E-state index contributed by atoms with van der Waals surface area (Å²) in [5.74, 6) is -0.436. The molecule has 5 nitrogen and oxygen atoms in total. The fourth-order valence-electron chi connectivity index (χ4n) is 4.02. The number of ether oxygens (including phenoxy) is 1. The number of benzene rings is 2. The van der Waals surface area contributed by atoms with E-state index < -0.39 is 0 Å². The summed E-state index contributed by atoms with van der Waals surface area (Å²) >= 11 is 0. The average molecular weight is 382 g/mol. The van der Waals surface area contributed by atoms with Crippen LogP contribution in [-0.4, -0.2) is 31.6 Å². The highest BCUT2D eigenvalue weighted by molar-refractivity contribution is 5.98. The van der Waals surface area contributed by atoms with Crippen molar-refractivity contribution in [2.24, 2.45) is 0 Å². The number of anilines is 1. The Bertz CT molecular complexity index is 906. The first-order valence-corrected chi connectivity index (χ1v) is 9.61. The minimum Gasteiger partial charge on any atom is -0.381 e. The number of nitrogens with one attached hydrogen (secondary N) is 2. The predicted octanol–water partition coefficient (Wildman–Crippen LogP) is 3.19. The molecule has 2 aliphatic heterocycles. The molecule has 28 heavy (non-hydrogen) atoms. The molecule has 2 aromatic rings. The van der Waals surface area contributed by atoms with Crippen LogP contribution in [0.5, 0.6) is 0 Å². The maximum absolute atomic E-state index is 13.8. The van der Waals surface area contributed by atoms with Crippen LogP contribution in [0.4, 0.5) is 10.1 Å². The third-order valence-electron chi connectivity index (χ3n) is 5.74. The van der Waals surface area contributed by atoms with E-state index in [-0.39, 0.29) is 23.0 Å². The molecule has 1 fully saturated rings. The summed E-state index contributed by atoms with van der Waals surface area (Å²) in [6, 6.07) is 11.9. The van der Waals surface area contributed by atoms with Gasteiger partial charge in [0.25, 0.3) is 5.91 Å². The Labute approximate surface area is 163 Å². The molecular formula is C22H23FN2O3. The molecule has 0 unspecified atom stereocenters. The van der Waals surface area contributed by atoms with E-state index in [4.69, 9.17) is 4.74 Å². The van der Waals surface area contributed by atoms with E-state index in [1.54, 1.807) is 24.3 Å². The molecule has 6 heteroatoms. The van der Waals surface area contributed by atoms with E-state index in [2.05, 4.69) is 10.6 Å². The minimum absolute atomic E-state index is 0.00116. The highest BCUT2D eigenvalue weighted by Crippen LogP contribution is 2.34. The fourth-order valence-corrected chi connectivity index (χ4v) is 4.02. The first-order chi connectivity index (χ1) is 13.6. The van der Waals surface area contributed by atoms with Crippen molar-refractivity contribution < 1.29 is 18.7 Å². The summed E-state index contributed by atoms with van der Waals surface area (Å²) in [6.45, 7) is 1.60. The molecule has 2 aliphatic rings. The molecule has 0 atom stereocenters. The van der Waals surface area contributed by atoms with Gasteiger partial charge in [0.2, 0.25) is 5.91 Å². The summed E-state index contributed by atoms with van der Waals surface area (Å²) in [5, 5.41) is 5.86. The van der Waals surface area contributed by atoms with Crippen molar-refractivity contribution >= 4 is 17.5 Å². The van der Waals surface area contributed by atoms with Gasteiger partial charge in [-0.1, -0.05) is 12.1 Å². The quantitative estimate of drug-likeness (QED) is 0.853. The van der Waals surface area contributed by atoms with Crippen molar-refractivity contribution in [2.75, 3.05) is 25.1 Å². The number of amides is 2. The number of aryl methyl sites for hydroxylation is 1. The van der Waals surface area contributed by atoms with Gasteiger partial charge in [-0.05, 0) is 60.7 Å². The van der Waals surface area contributed by atoms with Crippen molar-refractivity contribution in [1.29, 1.82) is 0 Å². The Morgan fingerprint density at radius 3 is 2.75 bits per heavy atom. The molecule has 146 valence electrons. The van der Waals surface area contributed by atoms with Gasteiger partial charge in [-0.25, -0.2) is 4.39 Å². The maximum atomic E-state index is 13.8. The number of carbonyl (C=O) groups is 2. The predicted molar refractivity (Wildman–Crippen MR) is 104 cm³/mol. The lowest BCUT2D eigenvalue weighted by molar-refractivity contribution is -0.116. The molecule has 0 spiro atoms. The van der Waals surface area contributed by atoms with Gasteiger partial charge in [-0.3, -0.25) is 9.59 Å². The zero-order valence-corrected chi connectivity index (χ0v) is 15.6. The van der Waals surface area contributed by atoms with E-state index in [1.807, 2.05) is 12.1 Å². The second-order valence-corrected chi connectivity index (χ2v) is 7.51. The van der Waals surface area contributed by atoms with E-state index in [0.29, 0.717) is 38.2 Å². The Balaban J connectivity index is 1.51. The standard InChI is InChI=1S/C22H23FN2O3/c23-18-3-1-2-17(13-18)22(8-10-28-11-9-22)14-24-21(27)16-4-6-19-15(12-16)5-7-20(26)25-19/h1-4,6,12-13H,5,7-11,14H2,(H,24,27)(H,25,26). The van der Waals surface area contributed by atoms with Crippen molar-refractivity contribution in [3.63, 3.8) is 0 Å². The number of hydrogen-bond donors (Lipinski definition) is 2. The van der Waals surface area contributed by atoms with Gasteiger partial charge in [-0.15, -0.1) is 0 Å². The van der Waals surface area contributed by atoms with Crippen LogP contribution in [0.1, 0.15) is 40.7 Å². The number of halogens is 1. The zero-order chi connectivity index (χ0) is 19.6. The van der Waals surface area contributed by atoms with Crippen molar-refractivity contribution in [1.82, 2.24) is 5.32 Å². The molecule has 1 saturated heterocycles. The van der Waals surface area contributed by atoms with Gasteiger partial charge in [0.15, 0.2) is 0 Å². The summed E-state index contributed by atoms with van der Waals surface area (Å²) in [5.41, 5.74) is 2.87. The Morgan fingerprint density at radius 1 is 1.14 bits per heavy atom. The third kappa shape index (κ3) is 3.78. The molecule has 0 aliphatic carbocycles. The van der Waals surface area contributed by atoms with Crippen molar-refractivity contribution in [3.05, 3.63) is 65.0 Å². The van der Waals surface area contributed by atoms with Gasteiger partial charge in [0.1, 0.15) is 5.82 Å². The zero-order valence-electron chi connectivity index (χ0n) is 15.6. The lowest BCUT2D eigenvalue weighted by Gasteiger charge is -2.38. The van der Waals surface area contributed by atoms with Crippen molar-refractivity contribution in [3.8, 4) is 0 Å². The van der Waals surface area contributed by atoms with E-state index in [9.17, 15) is 14.0 Å². The molecule has 2 aromatic carbocycles. The van der Waals surface area contributed by atoms with Gasteiger partial charge in [0, 0.05) is 42.8 Å². The van der Waals surface area contributed by atoms with Crippen LogP contribution in [0.3, 0.4) is 0 Å². The highest BCUT2D eigenvalue weighted by atomic mass is 19.1. The van der Waals surface area contributed by atoms with E-state index in [0.717, 1.165) is 29.7 Å². The molecule has 0 bridgehead atoms. The van der Waals surface area contributed by atoms with E-state index in [1.165, 1.54) is 6.07 Å². The van der Waals surface area contributed by atoms with Gasteiger partial charge in [-0.2, -0.15) is 0 Å². The highest BCUT2D eigenvalue weighted by Gasteiger charge is 2.35. The number of hydrogen-bond acceptors (Lipinski definition) is 3. The Kier molecular flexibility index (Phi) is 5.13. The summed E-state index contributed by atoms with van der Waals surface area (Å²) in [7, 11) is 0. The monoisotopic (exact) mass is 382 g/mol. The largest absolute Gasteiger partial charge is 0.381 e. The third-order valence-corrected chi connectivity index (χ3v) is 5.74. The number of carbonyl (C=O) groups excluding carboxylic acids is 2. The van der Waals surface area contributed by atoms with Crippen LogP contribution in [0.15, 0.2) is 42.5 Å².